The van der Waals surface area contributed by atoms with Crippen LogP contribution in [0.15, 0.2) is 71.9 Å². The zero-order valence-corrected chi connectivity index (χ0v) is 37.8. The van der Waals surface area contributed by atoms with Crippen LogP contribution < -0.4 is 29.1 Å². The van der Waals surface area contributed by atoms with Crippen LogP contribution in [-0.2, 0) is 14.8 Å². The number of amides is 1. The molecule has 1 unspecified atom stereocenters. The van der Waals surface area contributed by atoms with Crippen LogP contribution in [0.1, 0.15) is 98.7 Å². The number of anilines is 2. The van der Waals surface area contributed by atoms with Crippen molar-refractivity contribution in [3.63, 3.8) is 0 Å². The molecule has 3 saturated heterocycles. The molecule has 5 aromatic rings. The Bertz CT molecular complexity index is 2780. The van der Waals surface area contributed by atoms with Crippen molar-refractivity contribution in [1.29, 1.82) is 0 Å². The Labute approximate surface area is 382 Å². The molecule has 1 atom stereocenters. The monoisotopic (exact) mass is 923 g/mol. The minimum atomic E-state index is -4.90. The number of nitrogens with one attached hydrogen (secondary N) is 3. The first-order valence-corrected chi connectivity index (χ1v) is 24.4. The molecular formula is C48H54FN7O9S. The number of halogens is 1. The number of hydrogen-bond donors (Lipinski definition) is 3. The van der Waals surface area contributed by atoms with E-state index in [2.05, 4.69) is 58.3 Å². The summed E-state index contributed by atoms with van der Waals surface area (Å²) in [5, 5.41) is 16.2. The maximum atomic E-state index is 16.5. The van der Waals surface area contributed by atoms with Gasteiger partial charge in [-0.1, -0.05) is 38.1 Å². The van der Waals surface area contributed by atoms with Gasteiger partial charge in [-0.2, -0.15) is 0 Å². The first-order valence-electron chi connectivity index (χ1n) is 22.9. The van der Waals surface area contributed by atoms with E-state index in [1.165, 1.54) is 29.8 Å². The van der Waals surface area contributed by atoms with Crippen LogP contribution in [0.4, 0.5) is 21.5 Å². The highest BCUT2D eigenvalue weighted by atomic mass is 32.2. The maximum Gasteiger partial charge on any atom is 0.297 e. The summed E-state index contributed by atoms with van der Waals surface area (Å²) < 4.78 is 69.5. The number of aromatic amines is 1. The van der Waals surface area contributed by atoms with Crippen molar-refractivity contribution < 1.29 is 41.5 Å². The number of nitro groups is 1. The van der Waals surface area contributed by atoms with Gasteiger partial charge in [0.15, 0.2) is 17.2 Å². The van der Waals surface area contributed by atoms with Crippen molar-refractivity contribution in [2.75, 3.05) is 56.4 Å². The SMILES string of the molecule is CC(C)c1ccccc1C1CCCN1C1CC2(CCN(c3cc(Oc4cnc5[nH]ccc5c4)c(C(=O)NS(=O)(=O)c4cc([N+](=O)[O-])c(NCC5CCOCC5)c5c4OCO5)cc3F)CC2)C1. The average molecular weight is 924 g/mol. The van der Waals surface area contributed by atoms with E-state index < -0.39 is 49.6 Å². The molecule has 3 aromatic carbocycles. The van der Waals surface area contributed by atoms with E-state index in [1.807, 2.05) is 9.62 Å². The molecule has 1 spiro atoms. The highest BCUT2D eigenvalue weighted by molar-refractivity contribution is 7.90. The molecular weight excluding hydrogens is 870 g/mol. The molecule has 18 heteroatoms. The molecule has 1 amide bonds. The first-order chi connectivity index (χ1) is 31.9. The van der Waals surface area contributed by atoms with E-state index >= 15 is 4.39 Å². The van der Waals surface area contributed by atoms with Crippen molar-refractivity contribution in [1.82, 2.24) is 19.6 Å². The summed E-state index contributed by atoms with van der Waals surface area (Å²) in [5.41, 5.74) is 2.83. The number of ether oxygens (including phenoxy) is 4. The van der Waals surface area contributed by atoms with Crippen LogP contribution in [0.5, 0.6) is 23.0 Å². The molecule has 5 aliphatic rings. The van der Waals surface area contributed by atoms with Crippen molar-refractivity contribution in [3.05, 3.63) is 99.6 Å². The van der Waals surface area contributed by atoms with Crippen LogP contribution in [0, 0.1) is 27.3 Å². The number of H-pyrrole nitrogens is 1. The lowest BCUT2D eigenvalue weighted by atomic mass is 9.59. The third kappa shape index (κ3) is 8.38. The molecule has 1 aliphatic carbocycles. The summed E-state index contributed by atoms with van der Waals surface area (Å²) in [6, 6.07) is 16.5. The van der Waals surface area contributed by atoms with Crippen LogP contribution in [0.25, 0.3) is 11.0 Å². The second-order valence-corrected chi connectivity index (χ2v) is 20.3. The molecule has 2 aromatic heterocycles. The molecule has 0 bridgehead atoms. The number of piperidine rings is 1. The van der Waals surface area contributed by atoms with Crippen molar-refractivity contribution in [2.45, 2.75) is 88.1 Å². The average Bonchev–Trinajstić information content (AvgIpc) is 4.10. The van der Waals surface area contributed by atoms with Crippen molar-refractivity contribution >= 4 is 44.0 Å². The van der Waals surface area contributed by atoms with Gasteiger partial charge in [-0.3, -0.25) is 19.8 Å². The van der Waals surface area contributed by atoms with E-state index in [0.29, 0.717) is 56.5 Å². The third-order valence-corrected chi connectivity index (χ3v) is 15.7. The number of rotatable bonds is 13. The van der Waals surface area contributed by atoms with Gasteiger partial charge in [0.25, 0.3) is 21.6 Å². The van der Waals surface area contributed by atoms with Crippen LogP contribution in [0.3, 0.4) is 0 Å². The van der Waals surface area contributed by atoms with Gasteiger partial charge in [-0.05, 0) is 104 Å². The number of carbonyl (C=O) groups excluding carboxylic acids is 1. The third-order valence-electron chi connectivity index (χ3n) is 14.3. The Morgan fingerprint density at radius 2 is 1.82 bits per heavy atom. The molecule has 6 heterocycles. The number of fused-ring (bicyclic) bond motifs is 2. The van der Waals surface area contributed by atoms with Crippen LogP contribution >= 0.6 is 0 Å². The van der Waals surface area contributed by atoms with E-state index in [1.54, 1.807) is 18.3 Å². The molecule has 4 aliphatic heterocycles. The van der Waals surface area contributed by atoms with Crippen LogP contribution in [-0.4, -0.2) is 86.3 Å². The predicted octanol–water partition coefficient (Wildman–Crippen LogP) is 8.80. The zero-order valence-electron chi connectivity index (χ0n) is 37.0. The highest BCUT2D eigenvalue weighted by Gasteiger charge is 2.50. The first kappa shape index (κ1) is 43.9. The van der Waals surface area contributed by atoms with E-state index in [4.69, 9.17) is 18.9 Å². The maximum absolute atomic E-state index is 16.5. The van der Waals surface area contributed by atoms with E-state index in [-0.39, 0.29) is 45.7 Å². The standard InChI is InChI=1S/C48H54FN7O9S/c1-29(2)34-6-3-4-7-35(34)38-8-5-15-55(38)32-24-48(25-32)12-16-54(17-13-48)39-22-41(65-33-20-31-9-14-50-46(31)52-27-33)36(21-37(39)49)47(57)53-66(60,61)42-23-40(56(58)59)43(45-44(42)63-28-64-45)51-26-30-10-18-62-19-11-30/h3-4,6-7,9,14,20-23,27,29-30,32,38,51H,5,8,10-13,15-19,24-26,28H2,1-2H3,(H,50,52)(H,53,57). The lowest BCUT2D eigenvalue weighted by Crippen LogP contribution is -2.55. The number of aromatic nitrogens is 2. The van der Waals surface area contributed by atoms with Gasteiger partial charge < -0.3 is 34.1 Å². The Balaban J connectivity index is 0.889. The summed E-state index contributed by atoms with van der Waals surface area (Å²) in [7, 11) is -4.90. The lowest BCUT2D eigenvalue weighted by molar-refractivity contribution is -0.384. The molecule has 0 radical (unpaired) electrons. The number of hydrogen-bond acceptors (Lipinski definition) is 13. The van der Waals surface area contributed by atoms with E-state index in [9.17, 15) is 23.3 Å². The molecule has 4 fully saturated rings. The predicted molar refractivity (Wildman–Crippen MR) is 245 cm³/mol. The summed E-state index contributed by atoms with van der Waals surface area (Å²) in [6.45, 7) is 7.87. The summed E-state index contributed by atoms with van der Waals surface area (Å²) in [4.78, 5) is 37.2. The topological polar surface area (TPSA) is 190 Å². The fourth-order valence-electron chi connectivity index (χ4n) is 10.8. The van der Waals surface area contributed by atoms with Gasteiger partial charge >= 0.3 is 0 Å². The number of carbonyl (C=O) groups is 1. The van der Waals surface area contributed by atoms with Gasteiger partial charge in [-0.25, -0.2) is 22.5 Å². The summed E-state index contributed by atoms with van der Waals surface area (Å²) in [6.07, 6.45) is 10.9. The molecule has 16 nitrogen and oxygen atoms in total. The molecule has 348 valence electrons. The van der Waals surface area contributed by atoms with Crippen molar-refractivity contribution in [2.24, 2.45) is 11.3 Å². The van der Waals surface area contributed by atoms with Gasteiger partial charge in [0, 0.05) is 68.6 Å². The Hall–Kier alpha value is -5.98. The number of benzene rings is 3. The fraction of sp³-hybridized carbons (Fsp3) is 0.458. The normalized spacial score (nSPS) is 19.9. The number of nitro benzene ring substituents is 1. The van der Waals surface area contributed by atoms with Gasteiger partial charge in [0.1, 0.15) is 27.9 Å². The molecule has 10 rings (SSSR count). The van der Waals surface area contributed by atoms with Crippen LogP contribution in [0.2, 0.25) is 0 Å². The zero-order chi connectivity index (χ0) is 45.7. The summed E-state index contributed by atoms with van der Waals surface area (Å²) >= 11 is 0. The lowest BCUT2D eigenvalue weighted by Gasteiger charge is -2.56. The minimum Gasteiger partial charge on any atom is -0.455 e. The molecule has 3 N–H and O–H groups in total. The number of likely N-dealkylation sites (tertiary alicyclic amines) is 1. The quantitative estimate of drug-likeness (QED) is 0.0751. The summed E-state index contributed by atoms with van der Waals surface area (Å²) in [5.74, 6) is -1.67. The smallest absolute Gasteiger partial charge is 0.297 e. The fourth-order valence-corrected chi connectivity index (χ4v) is 11.9. The van der Waals surface area contributed by atoms with Gasteiger partial charge in [0.2, 0.25) is 6.79 Å². The Morgan fingerprint density at radius 1 is 1.05 bits per heavy atom. The number of pyridine rings is 1. The molecule has 66 heavy (non-hydrogen) atoms. The minimum absolute atomic E-state index is 0.0325. The van der Waals surface area contributed by atoms with Gasteiger partial charge in [0.05, 0.1) is 22.4 Å². The van der Waals surface area contributed by atoms with Gasteiger partial charge in [-0.15, -0.1) is 0 Å². The largest absolute Gasteiger partial charge is 0.455 e. The Morgan fingerprint density at radius 3 is 2.59 bits per heavy atom. The van der Waals surface area contributed by atoms with Crippen molar-refractivity contribution in [3.8, 4) is 23.0 Å². The Kier molecular flexibility index (Phi) is 11.8. The molecule has 1 saturated carbocycles. The second kappa shape index (κ2) is 17.7. The van der Waals surface area contributed by atoms with E-state index in [0.717, 1.165) is 69.0 Å². The number of sulfonamides is 1. The number of nitrogens with zero attached hydrogens (tertiary/aromatic N) is 4. The highest BCUT2D eigenvalue weighted by Crippen LogP contribution is 2.55. The second-order valence-electron chi connectivity index (χ2n) is 18.7.